The minimum atomic E-state index is 0.238. The summed E-state index contributed by atoms with van der Waals surface area (Å²) in [6.45, 7) is 5.75. The van der Waals surface area contributed by atoms with Crippen molar-refractivity contribution in [2.45, 2.75) is 39.0 Å². The molecule has 1 heteroatoms. The lowest BCUT2D eigenvalue weighted by molar-refractivity contribution is -0.114. The lowest BCUT2D eigenvalue weighted by atomic mass is 10.1. The Kier molecular flexibility index (Phi) is 7.11. The van der Waals surface area contributed by atoms with Crippen LogP contribution in [0.2, 0.25) is 0 Å². The van der Waals surface area contributed by atoms with E-state index >= 15 is 0 Å². The second-order valence-corrected chi connectivity index (χ2v) is 2.61. The largest absolute Gasteiger partial charge is 0.295 e. The van der Waals surface area contributed by atoms with Gasteiger partial charge in [-0.2, -0.15) is 0 Å². The zero-order valence-electron chi connectivity index (χ0n) is 7.31. The number of unbranched alkanes of at least 4 members (excludes halogenated alkanes) is 2. The van der Waals surface area contributed by atoms with Crippen LogP contribution < -0.4 is 0 Å². The molecule has 0 aliphatic rings. The number of allylic oxidation sites excluding steroid dienone is 2. The van der Waals surface area contributed by atoms with Crippen molar-refractivity contribution in [3.8, 4) is 0 Å². The first-order chi connectivity index (χ1) is 5.31. The predicted octanol–water partition coefficient (Wildman–Crippen LogP) is 2.92. The molecule has 0 amide bonds. The predicted molar refractivity (Wildman–Crippen MR) is 48.3 cm³/mol. The first kappa shape index (κ1) is 10.4. The molecule has 0 N–H and O–H groups in total. The van der Waals surface area contributed by atoms with E-state index in [2.05, 4.69) is 13.8 Å². The maximum absolute atomic E-state index is 11.0. The van der Waals surface area contributed by atoms with Gasteiger partial charge in [-0.25, -0.2) is 0 Å². The minimum absolute atomic E-state index is 0.238. The fourth-order valence-electron chi connectivity index (χ4n) is 0.847. The Morgan fingerprint density at radius 2 is 2.18 bits per heavy atom. The fourth-order valence-corrected chi connectivity index (χ4v) is 0.847. The number of ketones is 1. The van der Waals surface area contributed by atoms with Crippen molar-refractivity contribution in [3.63, 3.8) is 0 Å². The molecule has 63 valence electrons. The highest BCUT2D eigenvalue weighted by molar-refractivity contribution is 5.89. The van der Waals surface area contributed by atoms with Crippen molar-refractivity contribution in [3.05, 3.63) is 19.1 Å². The molecule has 0 aromatic heterocycles. The molecule has 0 aliphatic carbocycles. The average molecular weight is 153 g/mol. The van der Waals surface area contributed by atoms with Crippen LogP contribution in [0.25, 0.3) is 0 Å². The molecule has 0 unspecified atom stereocenters. The number of rotatable bonds is 6. The molecule has 0 atom stereocenters. The van der Waals surface area contributed by atoms with E-state index in [0.717, 1.165) is 12.8 Å². The summed E-state index contributed by atoms with van der Waals surface area (Å²) in [7, 11) is 0. The second-order valence-electron chi connectivity index (χ2n) is 2.61. The van der Waals surface area contributed by atoms with E-state index in [9.17, 15) is 4.79 Å². The van der Waals surface area contributed by atoms with Crippen molar-refractivity contribution in [1.29, 1.82) is 0 Å². The molecule has 0 rings (SSSR count). The van der Waals surface area contributed by atoms with Crippen molar-refractivity contribution in [2.24, 2.45) is 0 Å². The monoisotopic (exact) mass is 153 g/mol. The number of hydrogen-bond acceptors (Lipinski definition) is 1. The average Bonchev–Trinajstić information content (AvgIpc) is 2.01. The highest BCUT2D eigenvalue weighted by atomic mass is 16.1. The quantitative estimate of drug-likeness (QED) is 0.423. The summed E-state index contributed by atoms with van der Waals surface area (Å²) in [6.07, 6.45) is 8.22. The van der Waals surface area contributed by atoms with Gasteiger partial charge in [0.05, 0.1) is 0 Å². The summed E-state index contributed by atoms with van der Waals surface area (Å²) < 4.78 is 0. The van der Waals surface area contributed by atoms with Crippen molar-refractivity contribution >= 4 is 5.78 Å². The van der Waals surface area contributed by atoms with Crippen LogP contribution in [0.3, 0.4) is 0 Å². The molecule has 0 fully saturated rings. The summed E-state index contributed by atoms with van der Waals surface area (Å²) in [5.74, 6) is 0.238. The van der Waals surface area contributed by atoms with E-state index in [1.807, 2.05) is 6.08 Å². The Labute approximate surface area is 69.5 Å². The summed E-state index contributed by atoms with van der Waals surface area (Å²) in [5.41, 5.74) is 0. The molecule has 0 aromatic rings. The van der Waals surface area contributed by atoms with Gasteiger partial charge in [0.15, 0.2) is 5.78 Å². The van der Waals surface area contributed by atoms with Crippen molar-refractivity contribution in [2.75, 3.05) is 0 Å². The van der Waals surface area contributed by atoms with Gasteiger partial charge in [-0.05, 0) is 25.8 Å². The zero-order valence-corrected chi connectivity index (χ0v) is 7.31. The smallest absolute Gasteiger partial charge is 0.155 e. The highest BCUT2D eigenvalue weighted by Crippen LogP contribution is 2.00. The minimum Gasteiger partial charge on any atom is -0.295 e. The number of hydrogen-bond donors (Lipinski definition) is 0. The van der Waals surface area contributed by atoms with Crippen molar-refractivity contribution < 1.29 is 4.79 Å². The van der Waals surface area contributed by atoms with Gasteiger partial charge in [-0.3, -0.25) is 4.79 Å². The van der Waals surface area contributed by atoms with E-state index in [-0.39, 0.29) is 5.78 Å². The molecule has 0 saturated heterocycles. The van der Waals surface area contributed by atoms with E-state index in [1.54, 1.807) is 6.08 Å². The Bertz CT molecular complexity index is 125. The van der Waals surface area contributed by atoms with Crippen LogP contribution in [-0.4, -0.2) is 5.78 Å². The first-order valence-electron chi connectivity index (χ1n) is 4.30. The molecule has 0 heterocycles. The molecule has 0 spiro atoms. The van der Waals surface area contributed by atoms with Gasteiger partial charge in [0.1, 0.15) is 0 Å². The number of carbonyl (C=O) groups is 1. The van der Waals surface area contributed by atoms with Crippen LogP contribution in [0.4, 0.5) is 0 Å². The molecule has 0 aromatic carbocycles. The van der Waals surface area contributed by atoms with Gasteiger partial charge in [0.2, 0.25) is 0 Å². The highest BCUT2D eigenvalue weighted by Gasteiger charge is 1.93. The van der Waals surface area contributed by atoms with Gasteiger partial charge in [-0.15, -0.1) is 0 Å². The van der Waals surface area contributed by atoms with Crippen LogP contribution in [0.5, 0.6) is 0 Å². The van der Waals surface area contributed by atoms with E-state index in [0.29, 0.717) is 12.8 Å². The SMILES string of the molecule is [CH2]CC=CC(=O)CCCCC. The van der Waals surface area contributed by atoms with Gasteiger partial charge in [-0.1, -0.05) is 25.8 Å². The maximum Gasteiger partial charge on any atom is 0.155 e. The topological polar surface area (TPSA) is 17.1 Å². The Morgan fingerprint density at radius 1 is 1.45 bits per heavy atom. The first-order valence-corrected chi connectivity index (χ1v) is 4.30. The van der Waals surface area contributed by atoms with Gasteiger partial charge < -0.3 is 0 Å². The standard InChI is InChI=1S/C10H17O/c1-3-5-7-9-10(11)8-6-4-2/h6,8H,2-5,7,9H2,1H3. The normalized spacial score (nSPS) is 10.7. The molecule has 1 radical (unpaired) electrons. The lowest BCUT2D eigenvalue weighted by Crippen LogP contribution is -1.91. The fraction of sp³-hybridized carbons (Fsp3) is 0.600. The van der Waals surface area contributed by atoms with Crippen LogP contribution >= 0.6 is 0 Å². The third-order valence-corrected chi connectivity index (χ3v) is 1.50. The van der Waals surface area contributed by atoms with E-state index < -0.39 is 0 Å². The Balaban J connectivity index is 3.30. The molecular weight excluding hydrogens is 136 g/mol. The zero-order chi connectivity index (χ0) is 8.53. The Hall–Kier alpha value is -0.590. The van der Waals surface area contributed by atoms with Crippen LogP contribution in [-0.2, 0) is 4.79 Å². The van der Waals surface area contributed by atoms with Crippen molar-refractivity contribution in [1.82, 2.24) is 0 Å². The molecular formula is C10H17O. The van der Waals surface area contributed by atoms with E-state index in [1.165, 1.54) is 6.42 Å². The Morgan fingerprint density at radius 3 is 2.73 bits per heavy atom. The summed E-state index contributed by atoms with van der Waals surface area (Å²) in [4.78, 5) is 11.0. The summed E-state index contributed by atoms with van der Waals surface area (Å²) in [6, 6.07) is 0. The van der Waals surface area contributed by atoms with Gasteiger partial charge >= 0.3 is 0 Å². The third kappa shape index (κ3) is 7.31. The second kappa shape index (κ2) is 7.52. The summed E-state index contributed by atoms with van der Waals surface area (Å²) >= 11 is 0. The van der Waals surface area contributed by atoms with Crippen LogP contribution in [0.15, 0.2) is 12.2 Å². The molecule has 0 saturated carbocycles. The summed E-state index contributed by atoms with van der Waals surface area (Å²) in [5, 5.41) is 0. The molecule has 11 heavy (non-hydrogen) atoms. The molecule has 0 bridgehead atoms. The van der Waals surface area contributed by atoms with Gasteiger partial charge in [0, 0.05) is 6.42 Å². The molecule has 0 aliphatic heterocycles. The maximum atomic E-state index is 11.0. The van der Waals surface area contributed by atoms with E-state index in [4.69, 9.17) is 0 Å². The lowest BCUT2D eigenvalue weighted by Gasteiger charge is -1.92. The molecule has 1 nitrogen and oxygen atoms in total. The van der Waals surface area contributed by atoms with Gasteiger partial charge in [0.25, 0.3) is 0 Å². The third-order valence-electron chi connectivity index (χ3n) is 1.50. The van der Waals surface area contributed by atoms with Crippen LogP contribution in [0, 0.1) is 6.92 Å². The van der Waals surface area contributed by atoms with Crippen LogP contribution in [0.1, 0.15) is 39.0 Å². The number of carbonyl (C=O) groups excluding carboxylic acids is 1.